The molecule has 0 atom stereocenters. The maximum Gasteiger partial charge on any atom is 0.423 e. The number of ether oxygens (including phenoxy) is 3. The summed E-state index contributed by atoms with van der Waals surface area (Å²) in [5, 5.41) is 0. The molecule has 0 aliphatic carbocycles. The number of rotatable bonds is 11. The second-order valence-electron chi connectivity index (χ2n) is 7.11. The molecule has 0 saturated carbocycles. The maximum absolute atomic E-state index is 11.8. The van der Waals surface area contributed by atoms with Crippen LogP contribution in [0, 0.1) is 0 Å². The van der Waals surface area contributed by atoms with E-state index in [0.717, 1.165) is 13.8 Å². The van der Waals surface area contributed by atoms with Crippen molar-refractivity contribution in [2.24, 2.45) is 0 Å². The molecular weight excluding hydrogens is 432 g/mol. The van der Waals surface area contributed by atoms with Crippen LogP contribution in [0.5, 0.6) is 0 Å². The highest BCUT2D eigenvalue weighted by Crippen LogP contribution is 2.16. The third-order valence-corrected chi connectivity index (χ3v) is 4.80. The minimum atomic E-state index is -4.69. The second-order valence-corrected chi connectivity index (χ2v) is 8.39. The minimum Gasteiger partial charge on any atom is -0.464 e. The lowest BCUT2D eigenvalue weighted by atomic mass is 10.1. The quantitative estimate of drug-likeness (QED) is 0.352. The van der Waals surface area contributed by atoms with Gasteiger partial charge in [0.05, 0.1) is 13.2 Å². The standard InChI is InChI=1S/C13H23NO9S.C6H15N/c1-7-20-9(15)12(3,4)22-11(17)14-24(18,19)23-13(5,6)10(16)21-8-2;1-4-7(5-2)6-3/h7-8H2,1-6H3,(H,14,17);4-6H2,1-3H3. The Hall–Kier alpha value is -1.92. The minimum absolute atomic E-state index is 0.0227. The van der Waals surface area contributed by atoms with Crippen molar-refractivity contribution in [3.05, 3.63) is 0 Å². The normalized spacial score (nSPS) is 11.8. The van der Waals surface area contributed by atoms with E-state index < -0.39 is 39.5 Å². The fourth-order valence-corrected chi connectivity index (χ4v) is 2.91. The molecule has 184 valence electrons. The molecule has 11 nitrogen and oxygen atoms in total. The molecule has 0 heterocycles. The van der Waals surface area contributed by atoms with Gasteiger partial charge in [-0.05, 0) is 61.2 Å². The highest BCUT2D eigenvalue weighted by Gasteiger charge is 2.39. The summed E-state index contributed by atoms with van der Waals surface area (Å²) in [6.07, 6.45) is -1.47. The predicted molar refractivity (Wildman–Crippen MR) is 115 cm³/mol. The predicted octanol–water partition coefficient (Wildman–Crippen LogP) is 2.01. The van der Waals surface area contributed by atoms with Gasteiger partial charge in [-0.1, -0.05) is 20.8 Å². The molecule has 0 rings (SSSR count). The van der Waals surface area contributed by atoms with Crippen molar-refractivity contribution in [2.75, 3.05) is 32.8 Å². The third kappa shape index (κ3) is 13.2. The lowest BCUT2D eigenvalue weighted by Crippen LogP contribution is -2.47. The van der Waals surface area contributed by atoms with E-state index in [0.29, 0.717) is 0 Å². The number of amides is 1. The molecule has 0 aromatic rings. The van der Waals surface area contributed by atoms with Crippen LogP contribution in [0.25, 0.3) is 0 Å². The zero-order valence-electron chi connectivity index (χ0n) is 20.1. The van der Waals surface area contributed by atoms with Crippen LogP contribution in [-0.4, -0.2) is 75.4 Å². The number of hydrogen-bond donors (Lipinski definition) is 1. The van der Waals surface area contributed by atoms with E-state index in [1.165, 1.54) is 45.1 Å². The van der Waals surface area contributed by atoms with E-state index in [1.807, 2.05) is 0 Å². The molecule has 0 fully saturated rings. The summed E-state index contributed by atoms with van der Waals surface area (Å²) in [6.45, 7) is 18.0. The summed E-state index contributed by atoms with van der Waals surface area (Å²) in [7, 11) is -4.69. The zero-order chi connectivity index (χ0) is 24.9. The summed E-state index contributed by atoms with van der Waals surface area (Å²) < 4.78 is 43.7. The molecule has 12 heteroatoms. The number of nitrogens with zero attached hydrogens (tertiary/aromatic N) is 1. The number of hydrogen-bond acceptors (Lipinski definition) is 10. The molecular formula is C19H38N2O9S. The van der Waals surface area contributed by atoms with E-state index in [2.05, 4.69) is 34.6 Å². The van der Waals surface area contributed by atoms with Crippen molar-refractivity contribution >= 4 is 28.3 Å². The van der Waals surface area contributed by atoms with Crippen molar-refractivity contribution in [1.29, 1.82) is 0 Å². The van der Waals surface area contributed by atoms with Gasteiger partial charge in [0, 0.05) is 0 Å². The van der Waals surface area contributed by atoms with Crippen molar-refractivity contribution in [1.82, 2.24) is 9.62 Å². The molecule has 31 heavy (non-hydrogen) atoms. The Balaban J connectivity index is 0. The van der Waals surface area contributed by atoms with Crippen molar-refractivity contribution in [2.45, 2.75) is 73.5 Å². The molecule has 1 N–H and O–H groups in total. The van der Waals surface area contributed by atoms with E-state index in [1.54, 1.807) is 6.92 Å². The second kappa shape index (κ2) is 14.2. The smallest absolute Gasteiger partial charge is 0.423 e. The Morgan fingerprint density at radius 3 is 1.48 bits per heavy atom. The van der Waals surface area contributed by atoms with Gasteiger partial charge in [-0.25, -0.2) is 18.6 Å². The van der Waals surface area contributed by atoms with Crippen molar-refractivity contribution in [3.63, 3.8) is 0 Å². The number of carbonyl (C=O) groups is 3. The fraction of sp³-hybridized carbons (Fsp3) is 0.842. The Morgan fingerprint density at radius 1 is 0.774 bits per heavy atom. The van der Waals surface area contributed by atoms with Gasteiger partial charge in [0.2, 0.25) is 5.60 Å². The first-order chi connectivity index (χ1) is 14.1. The lowest BCUT2D eigenvalue weighted by Gasteiger charge is -2.24. The van der Waals surface area contributed by atoms with Crippen LogP contribution in [0.3, 0.4) is 0 Å². The molecule has 0 spiro atoms. The summed E-state index contributed by atoms with van der Waals surface area (Å²) in [4.78, 5) is 37.2. The number of esters is 2. The highest BCUT2D eigenvalue weighted by molar-refractivity contribution is 7.85. The molecule has 1 amide bonds. The first-order valence-electron chi connectivity index (χ1n) is 10.1. The first-order valence-corrected chi connectivity index (χ1v) is 11.6. The third-order valence-electron chi connectivity index (χ3n) is 3.75. The van der Waals surface area contributed by atoms with E-state index in [4.69, 9.17) is 9.47 Å². The SMILES string of the molecule is CCN(CC)CC.CCOC(=O)C(C)(C)OC(=O)NS(=O)(=O)OC(C)(C)C(=O)OCC. The van der Waals surface area contributed by atoms with Crippen LogP contribution >= 0.6 is 0 Å². The molecule has 0 radical (unpaired) electrons. The summed E-state index contributed by atoms with van der Waals surface area (Å²) in [5.74, 6) is -1.79. The van der Waals surface area contributed by atoms with Crippen molar-refractivity contribution in [3.8, 4) is 0 Å². The Labute approximate surface area is 186 Å². The summed E-state index contributed by atoms with van der Waals surface area (Å²) >= 11 is 0. The van der Waals surface area contributed by atoms with Gasteiger partial charge in [-0.15, -0.1) is 0 Å². The Bertz CT molecular complexity index is 666. The largest absolute Gasteiger partial charge is 0.464 e. The van der Waals surface area contributed by atoms with Gasteiger partial charge in [-0.2, -0.15) is 13.1 Å². The monoisotopic (exact) mass is 470 g/mol. The fourth-order valence-electron chi connectivity index (χ4n) is 2.01. The summed E-state index contributed by atoms with van der Waals surface area (Å²) in [5.41, 5.74) is -3.58. The molecule has 0 aliphatic rings. The molecule has 0 bridgehead atoms. The average Bonchev–Trinajstić information content (AvgIpc) is 2.62. The van der Waals surface area contributed by atoms with Crippen LogP contribution < -0.4 is 4.72 Å². The molecule has 0 aliphatic heterocycles. The number of carbonyl (C=O) groups excluding carboxylic acids is 3. The zero-order valence-corrected chi connectivity index (χ0v) is 20.9. The van der Waals surface area contributed by atoms with Crippen LogP contribution in [0.2, 0.25) is 0 Å². The lowest BCUT2D eigenvalue weighted by molar-refractivity contribution is -0.161. The maximum atomic E-state index is 11.8. The van der Waals surface area contributed by atoms with E-state index in [9.17, 15) is 22.8 Å². The topological polar surface area (TPSA) is 138 Å². The van der Waals surface area contributed by atoms with Crippen LogP contribution in [0.4, 0.5) is 4.79 Å². The van der Waals surface area contributed by atoms with Crippen LogP contribution in [-0.2, 0) is 38.3 Å². The molecule has 0 saturated heterocycles. The summed E-state index contributed by atoms with van der Waals surface area (Å²) in [6, 6.07) is 0. The average molecular weight is 471 g/mol. The van der Waals surface area contributed by atoms with Crippen molar-refractivity contribution < 1.29 is 41.2 Å². The highest BCUT2D eigenvalue weighted by atomic mass is 32.2. The first kappa shape index (κ1) is 31.3. The van der Waals surface area contributed by atoms with Gasteiger partial charge in [0.1, 0.15) is 0 Å². The van der Waals surface area contributed by atoms with Gasteiger partial charge < -0.3 is 19.1 Å². The molecule has 0 aromatic carbocycles. The van der Waals surface area contributed by atoms with E-state index in [-0.39, 0.29) is 13.2 Å². The van der Waals surface area contributed by atoms with Gasteiger partial charge in [0.15, 0.2) is 5.60 Å². The Kier molecular flexibility index (Phi) is 14.3. The van der Waals surface area contributed by atoms with Crippen LogP contribution in [0.15, 0.2) is 0 Å². The van der Waals surface area contributed by atoms with E-state index >= 15 is 0 Å². The van der Waals surface area contributed by atoms with Gasteiger partial charge in [-0.3, -0.25) is 0 Å². The Morgan fingerprint density at radius 2 is 1.16 bits per heavy atom. The number of nitrogens with one attached hydrogen (secondary N) is 1. The van der Waals surface area contributed by atoms with Crippen LogP contribution in [0.1, 0.15) is 62.3 Å². The van der Waals surface area contributed by atoms with Gasteiger partial charge >= 0.3 is 28.3 Å². The molecule has 0 aromatic heterocycles. The van der Waals surface area contributed by atoms with Gasteiger partial charge in [0.25, 0.3) is 0 Å². The molecule has 0 unspecified atom stereocenters.